The Hall–Kier alpha value is -0.880. The number of ether oxygens (including phenoxy) is 1. The van der Waals surface area contributed by atoms with Crippen molar-refractivity contribution in [1.29, 1.82) is 0 Å². The van der Waals surface area contributed by atoms with E-state index in [1.165, 1.54) is 76.6 Å². The average molecular weight is 499 g/mol. The van der Waals surface area contributed by atoms with Crippen molar-refractivity contribution < 1.29 is 14.3 Å². The Morgan fingerprint density at radius 1 is 1.03 bits per heavy atom. The molecule has 1 aromatic rings. The molecule has 4 saturated carbocycles. The van der Waals surface area contributed by atoms with Crippen molar-refractivity contribution in [2.45, 2.75) is 102 Å². The molecule has 202 valence electrons. The van der Waals surface area contributed by atoms with Gasteiger partial charge in [-0.1, -0.05) is 13.8 Å². The molecule has 6 rings (SSSR count). The summed E-state index contributed by atoms with van der Waals surface area (Å²) in [6, 6.07) is 2.14. The number of fused-ring (bicyclic) bond motifs is 5. The quantitative estimate of drug-likeness (QED) is 0.458. The van der Waals surface area contributed by atoms with Crippen molar-refractivity contribution in [2.75, 3.05) is 39.3 Å². The summed E-state index contributed by atoms with van der Waals surface area (Å²) >= 11 is 0. The van der Waals surface area contributed by atoms with E-state index in [2.05, 4.69) is 30.1 Å². The first-order chi connectivity index (χ1) is 17.4. The molecule has 4 aliphatic carbocycles. The molecular weight excluding hydrogens is 448 g/mol. The highest BCUT2D eigenvalue weighted by Crippen LogP contribution is 2.70. The third-order valence-electron chi connectivity index (χ3n) is 12.2. The van der Waals surface area contributed by atoms with Crippen LogP contribution >= 0.6 is 0 Å². The second kappa shape index (κ2) is 10.0. The van der Waals surface area contributed by atoms with Gasteiger partial charge in [0, 0.05) is 25.0 Å². The fraction of sp³-hybridized carbons (Fsp3) is 0.871. The molecule has 5 heteroatoms. The number of furan rings is 1. The first-order valence-corrected chi connectivity index (χ1v) is 15.2. The van der Waals surface area contributed by atoms with Crippen LogP contribution in [0, 0.1) is 28.6 Å². The zero-order valence-electron chi connectivity index (χ0n) is 22.9. The third kappa shape index (κ3) is 4.21. The van der Waals surface area contributed by atoms with Gasteiger partial charge in [-0.2, -0.15) is 0 Å². The van der Waals surface area contributed by atoms with Crippen LogP contribution in [0.5, 0.6) is 0 Å². The van der Waals surface area contributed by atoms with Crippen LogP contribution < -0.4 is 5.32 Å². The predicted molar refractivity (Wildman–Crippen MR) is 143 cm³/mol. The van der Waals surface area contributed by atoms with Crippen molar-refractivity contribution in [1.82, 2.24) is 10.2 Å². The topological polar surface area (TPSA) is 57.9 Å². The van der Waals surface area contributed by atoms with Crippen LogP contribution in [0.25, 0.3) is 0 Å². The molecule has 1 saturated heterocycles. The summed E-state index contributed by atoms with van der Waals surface area (Å²) in [5, 5.41) is 16.0. The van der Waals surface area contributed by atoms with E-state index in [4.69, 9.17) is 9.15 Å². The summed E-state index contributed by atoms with van der Waals surface area (Å²) in [7, 11) is 0. The van der Waals surface area contributed by atoms with Gasteiger partial charge in [0.25, 0.3) is 0 Å². The number of hydrogen-bond donors (Lipinski definition) is 2. The molecular formula is C31H50N2O3. The van der Waals surface area contributed by atoms with Crippen molar-refractivity contribution in [3.63, 3.8) is 0 Å². The summed E-state index contributed by atoms with van der Waals surface area (Å²) in [6.07, 6.45) is 17.5. The lowest BCUT2D eigenvalue weighted by atomic mass is 9.43. The van der Waals surface area contributed by atoms with Gasteiger partial charge < -0.3 is 24.5 Å². The summed E-state index contributed by atoms with van der Waals surface area (Å²) in [6.45, 7) is 11.6. The Kier molecular flexibility index (Phi) is 7.07. The molecule has 0 bridgehead atoms. The third-order valence-corrected chi connectivity index (χ3v) is 12.2. The van der Waals surface area contributed by atoms with Gasteiger partial charge in [0.15, 0.2) is 0 Å². The molecule has 5 nitrogen and oxygen atoms in total. The maximum atomic E-state index is 12.4. The van der Waals surface area contributed by atoms with Gasteiger partial charge in [-0.3, -0.25) is 0 Å². The van der Waals surface area contributed by atoms with E-state index in [-0.39, 0.29) is 5.41 Å². The number of hydrogen-bond acceptors (Lipinski definition) is 5. The van der Waals surface area contributed by atoms with Gasteiger partial charge in [-0.15, -0.1) is 0 Å². The number of nitrogens with zero attached hydrogens (tertiary/aromatic N) is 1. The van der Waals surface area contributed by atoms with Crippen molar-refractivity contribution >= 4 is 0 Å². The second-order valence-electron chi connectivity index (χ2n) is 13.6. The highest BCUT2D eigenvalue weighted by Gasteiger charge is 2.67. The minimum absolute atomic E-state index is 0.0245. The van der Waals surface area contributed by atoms with Gasteiger partial charge in [-0.05, 0) is 124 Å². The highest BCUT2D eigenvalue weighted by molar-refractivity contribution is 5.26. The van der Waals surface area contributed by atoms with Gasteiger partial charge in [0.2, 0.25) is 0 Å². The van der Waals surface area contributed by atoms with Gasteiger partial charge in [-0.25, -0.2) is 0 Å². The monoisotopic (exact) mass is 498 g/mol. The lowest BCUT2D eigenvalue weighted by molar-refractivity contribution is -0.207. The number of aliphatic hydroxyl groups is 1. The number of rotatable bonds is 8. The lowest BCUT2D eigenvalue weighted by Crippen LogP contribution is -2.62. The summed E-state index contributed by atoms with van der Waals surface area (Å²) in [5.74, 6) is 2.29. The Morgan fingerprint density at radius 3 is 2.69 bits per heavy atom. The van der Waals surface area contributed by atoms with Crippen LogP contribution in [0.2, 0.25) is 0 Å². The molecule has 2 heterocycles. The normalized spacial score (nSPS) is 44.8. The Morgan fingerprint density at radius 2 is 1.89 bits per heavy atom. The molecule has 1 aromatic heterocycles. The van der Waals surface area contributed by atoms with Crippen LogP contribution in [0.3, 0.4) is 0 Å². The van der Waals surface area contributed by atoms with E-state index in [0.29, 0.717) is 29.3 Å². The lowest BCUT2D eigenvalue weighted by Gasteiger charge is -2.63. The fourth-order valence-corrected chi connectivity index (χ4v) is 10.0. The Labute approximate surface area is 218 Å². The standard InChI is InChI=1S/C31H50N2O3/c1-29-11-7-25(36-20-15-32-14-18-33-16-3-4-17-33)21-24(29)5-6-28-27(29)8-12-30(2)26(9-13-31(28,30)34)23-10-19-35-22-23/h10,19,22,24-28,32,34H,3-9,11-18,20-21H2,1-2H3/t24-,25+,26-,27+,28-,29+,30-,31+/m1/s1. The van der Waals surface area contributed by atoms with E-state index in [1.54, 1.807) is 6.26 Å². The summed E-state index contributed by atoms with van der Waals surface area (Å²) in [5.41, 5.74) is 1.11. The summed E-state index contributed by atoms with van der Waals surface area (Å²) in [4.78, 5) is 2.57. The first-order valence-electron chi connectivity index (χ1n) is 15.2. The van der Waals surface area contributed by atoms with Gasteiger partial charge in [0.1, 0.15) is 0 Å². The maximum absolute atomic E-state index is 12.4. The molecule has 0 unspecified atom stereocenters. The zero-order valence-corrected chi connectivity index (χ0v) is 22.9. The largest absolute Gasteiger partial charge is 0.472 e. The molecule has 5 fully saturated rings. The van der Waals surface area contributed by atoms with Crippen LogP contribution in [0.15, 0.2) is 23.0 Å². The summed E-state index contributed by atoms with van der Waals surface area (Å²) < 4.78 is 11.9. The molecule has 0 radical (unpaired) electrons. The number of likely N-dealkylation sites (tertiary alicyclic amines) is 1. The molecule has 0 aromatic carbocycles. The van der Waals surface area contributed by atoms with Crippen LogP contribution in [0.4, 0.5) is 0 Å². The minimum atomic E-state index is -0.528. The van der Waals surface area contributed by atoms with Crippen molar-refractivity contribution in [3.8, 4) is 0 Å². The minimum Gasteiger partial charge on any atom is -0.472 e. The second-order valence-corrected chi connectivity index (χ2v) is 13.6. The molecule has 2 N–H and O–H groups in total. The van der Waals surface area contributed by atoms with Crippen molar-refractivity contribution in [2.24, 2.45) is 28.6 Å². The van der Waals surface area contributed by atoms with Gasteiger partial charge >= 0.3 is 0 Å². The van der Waals surface area contributed by atoms with E-state index in [0.717, 1.165) is 44.9 Å². The van der Waals surface area contributed by atoms with Crippen LogP contribution in [0.1, 0.15) is 96.0 Å². The van der Waals surface area contributed by atoms with E-state index in [1.807, 2.05) is 6.26 Å². The molecule has 0 spiro atoms. The smallest absolute Gasteiger partial charge is 0.0937 e. The Balaban J connectivity index is 1.03. The van der Waals surface area contributed by atoms with Gasteiger partial charge in [0.05, 0.1) is 30.8 Å². The first kappa shape index (κ1) is 25.4. The SMILES string of the molecule is C[C@]12CC[C@H](OCCNCCN3CCCC3)C[C@H]1CC[C@@H]1[C@@H]2CC[C@]2(C)[C@@H](c3ccoc3)CC[C@]12O. The van der Waals surface area contributed by atoms with E-state index in [9.17, 15) is 5.11 Å². The molecule has 0 amide bonds. The van der Waals surface area contributed by atoms with Crippen molar-refractivity contribution in [3.05, 3.63) is 24.2 Å². The predicted octanol–water partition coefficient (Wildman–Crippen LogP) is 5.59. The van der Waals surface area contributed by atoms with E-state index >= 15 is 0 Å². The number of nitrogens with one attached hydrogen (secondary N) is 1. The molecule has 1 aliphatic heterocycles. The Bertz CT molecular complexity index is 869. The maximum Gasteiger partial charge on any atom is 0.0937 e. The molecule has 8 atom stereocenters. The van der Waals surface area contributed by atoms with E-state index < -0.39 is 5.60 Å². The highest BCUT2D eigenvalue weighted by atomic mass is 16.5. The molecule has 5 aliphatic rings. The fourth-order valence-electron chi connectivity index (χ4n) is 10.0. The zero-order chi connectivity index (χ0) is 24.8. The molecule has 36 heavy (non-hydrogen) atoms. The average Bonchev–Trinajstić information content (AvgIpc) is 3.62. The van der Waals surface area contributed by atoms with Crippen LogP contribution in [-0.4, -0.2) is 61.0 Å². The van der Waals surface area contributed by atoms with Crippen LogP contribution in [-0.2, 0) is 4.74 Å².